The molecule has 6 heteroatoms. The molecule has 26 heavy (non-hydrogen) atoms. The number of anilines is 1. The number of benzene rings is 1. The summed E-state index contributed by atoms with van der Waals surface area (Å²) >= 11 is 0. The van der Waals surface area contributed by atoms with E-state index in [0.29, 0.717) is 24.1 Å². The van der Waals surface area contributed by atoms with E-state index in [0.717, 1.165) is 37.4 Å². The molecule has 0 aliphatic carbocycles. The van der Waals surface area contributed by atoms with Crippen molar-refractivity contribution in [2.24, 2.45) is 5.92 Å². The topological polar surface area (TPSA) is 63.8 Å². The second-order valence-electron chi connectivity index (χ2n) is 7.59. The number of fused-ring (bicyclic) bond motifs is 5. The first-order valence-electron chi connectivity index (χ1n) is 9.10. The SMILES string of the molecule is O=C1C(=O)N(C[NH+]2C[C@@H]3C[C@H](C2)c2cccc(=O)n2C3)c2ccccc21. The number of likely N-dealkylation sites (tertiary alicyclic amines) is 1. The molecule has 3 aliphatic rings. The van der Waals surface area contributed by atoms with Crippen molar-refractivity contribution in [2.75, 3.05) is 24.7 Å². The molecule has 6 nitrogen and oxygen atoms in total. The molecule has 3 atom stereocenters. The van der Waals surface area contributed by atoms with Gasteiger partial charge in [-0.25, -0.2) is 0 Å². The van der Waals surface area contributed by atoms with Crippen molar-refractivity contribution in [1.29, 1.82) is 0 Å². The van der Waals surface area contributed by atoms with E-state index in [4.69, 9.17) is 0 Å². The number of quaternary nitrogens is 1. The van der Waals surface area contributed by atoms with Gasteiger partial charge in [0, 0.05) is 30.1 Å². The summed E-state index contributed by atoms with van der Waals surface area (Å²) in [4.78, 5) is 39.7. The Labute approximate surface area is 150 Å². The maximum absolute atomic E-state index is 12.4. The van der Waals surface area contributed by atoms with Crippen LogP contribution in [0.1, 0.15) is 28.4 Å². The highest BCUT2D eigenvalue weighted by Gasteiger charge is 2.41. The number of carbonyl (C=O) groups excluding carboxylic acids is 2. The van der Waals surface area contributed by atoms with Crippen LogP contribution in [0.3, 0.4) is 0 Å². The predicted octanol–water partition coefficient (Wildman–Crippen LogP) is 0.0373. The summed E-state index contributed by atoms with van der Waals surface area (Å²) in [6, 6.07) is 12.7. The molecule has 2 bridgehead atoms. The molecule has 1 amide bonds. The molecule has 3 aliphatic heterocycles. The molecule has 5 rings (SSSR count). The molecule has 4 heterocycles. The molecule has 1 aromatic heterocycles. The minimum Gasteiger partial charge on any atom is -0.317 e. The normalized spacial score (nSPS) is 26.6. The van der Waals surface area contributed by atoms with Crippen molar-refractivity contribution in [3.63, 3.8) is 0 Å². The van der Waals surface area contributed by atoms with E-state index in [1.807, 2.05) is 28.8 Å². The fourth-order valence-corrected chi connectivity index (χ4v) is 4.88. The molecular formula is C20H20N3O3+. The summed E-state index contributed by atoms with van der Waals surface area (Å²) in [7, 11) is 0. The molecule has 2 aromatic rings. The zero-order valence-electron chi connectivity index (χ0n) is 14.4. The number of amides is 1. The van der Waals surface area contributed by atoms with Crippen molar-refractivity contribution in [2.45, 2.75) is 18.9 Å². The van der Waals surface area contributed by atoms with Crippen LogP contribution >= 0.6 is 0 Å². The monoisotopic (exact) mass is 350 g/mol. The van der Waals surface area contributed by atoms with Crippen LogP contribution in [-0.2, 0) is 11.3 Å². The first-order valence-corrected chi connectivity index (χ1v) is 9.10. The largest absolute Gasteiger partial charge is 0.317 e. The van der Waals surface area contributed by atoms with Crippen LogP contribution in [0, 0.1) is 5.92 Å². The predicted molar refractivity (Wildman–Crippen MR) is 95.4 cm³/mol. The van der Waals surface area contributed by atoms with Gasteiger partial charge in [0.05, 0.1) is 24.3 Å². The number of ketones is 1. The lowest BCUT2D eigenvalue weighted by Crippen LogP contribution is -3.16. The molecule has 0 radical (unpaired) electrons. The Hall–Kier alpha value is -2.73. The van der Waals surface area contributed by atoms with Gasteiger partial charge in [-0.15, -0.1) is 0 Å². The van der Waals surface area contributed by atoms with E-state index in [1.54, 1.807) is 23.1 Å². The van der Waals surface area contributed by atoms with Gasteiger partial charge in [-0.1, -0.05) is 18.2 Å². The minimum atomic E-state index is -0.425. The Bertz CT molecular complexity index is 980. The number of piperidine rings is 1. The summed E-state index contributed by atoms with van der Waals surface area (Å²) in [5.41, 5.74) is 2.42. The van der Waals surface area contributed by atoms with Crippen LogP contribution in [0.4, 0.5) is 5.69 Å². The van der Waals surface area contributed by atoms with Crippen LogP contribution in [0.25, 0.3) is 0 Å². The van der Waals surface area contributed by atoms with Crippen molar-refractivity contribution < 1.29 is 14.5 Å². The number of rotatable bonds is 2. The second kappa shape index (κ2) is 5.64. The number of hydrogen-bond donors (Lipinski definition) is 1. The highest BCUT2D eigenvalue weighted by molar-refractivity contribution is 6.52. The third-order valence-electron chi connectivity index (χ3n) is 5.93. The third kappa shape index (κ3) is 2.25. The molecule has 1 saturated heterocycles. The van der Waals surface area contributed by atoms with Crippen LogP contribution in [0.5, 0.6) is 0 Å². The van der Waals surface area contributed by atoms with Crippen molar-refractivity contribution in [3.8, 4) is 0 Å². The fraction of sp³-hybridized carbons (Fsp3) is 0.350. The second-order valence-corrected chi connectivity index (χ2v) is 7.59. The molecule has 1 aromatic carbocycles. The standard InChI is InChI=1S/C20H19N3O3/c24-18-7-3-6-16-14-8-13(10-22(16)18)9-21(11-14)12-23-17-5-2-1-4-15(17)19(25)20(23)26/h1-7,13-14H,8-12H2/p+1/t13-,14+/m0/s1. The smallest absolute Gasteiger partial charge is 0.303 e. The van der Waals surface area contributed by atoms with Crippen molar-refractivity contribution in [1.82, 2.24) is 4.57 Å². The van der Waals surface area contributed by atoms with E-state index < -0.39 is 11.7 Å². The van der Waals surface area contributed by atoms with Crippen molar-refractivity contribution >= 4 is 17.4 Å². The number of carbonyl (C=O) groups is 2. The maximum Gasteiger partial charge on any atom is 0.303 e. The molecule has 0 spiro atoms. The number of nitrogens with zero attached hydrogens (tertiary/aromatic N) is 2. The zero-order chi connectivity index (χ0) is 17.8. The van der Waals surface area contributed by atoms with Gasteiger partial charge < -0.3 is 9.47 Å². The number of nitrogens with one attached hydrogen (secondary N) is 1. The Balaban J connectivity index is 1.42. The van der Waals surface area contributed by atoms with Gasteiger partial charge >= 0.3 is 5.91 Å². The van der Waals surface area contributed by atoms with E-state index in [9.17, 15) is 14.4 Å². The lowest BCUT2D eigenvalue weighted by atomic mass is 9.83. The van der Waals surface area contributed by atoms with Crippen LogP contribution < -0.4 is 15.4 Å². The van der Waals surface area contributed by atoms with Gasteiger partial charge in [-0.3, -0.25) is 19.3 Å². The molecule has 1 N–H and O–H groups in total. The van der Waals surface area contributed by atoms with Crippen LogP contribution in [0.2, 0.25) is 0 Å². The van der Waals surface area contributed by atoms with Crippen LogP contribution in [0.15, 0.2) is 47.3 Å². The molecule has 1 unspecified atom stereocenters. The van der Waals surface area contributed by atoms with Crippen LogP contribution in [-0.4, -0.2) is 36.0 Å². The van der Waals surface area contributed by atoms with Gasteiger partial charge in [0.25, 0.3) is 11.3 Å². The number of aromatic nitrogens is 1. The lowest BCUT2D eigenvalue weighted by Gasteiger charge is -2.41. The zero-order valence-corrected chi connectivity index (χ0v) is 14.4. The molecule has 1 fully saturated rings. The summed E-state index contributed by atoms with van der Waals surface area (Å²) in [5, 5.41) is 0. The molecule has 0 saturated carbocycles. The quantitative estimate of drug-likeness (QED) is 0.778. The average Bonchev–Trinajstić information content (AvgIpc) is 2.88. The fourth-order valence-electron chi connectivity index (χ4n) is 4.88. The van der Waals surface area contributed by atoms with E-state index >= 15 is 0 Å². The highest BCUT2D eigenvalue weighted by Crippen LogP contribution is 2.31. The lowest BCUT2D eigenvalue weighted by molar-refractivity contribution is -0.909. The Morgan fingerprint density at radius 2 is 1.85 bits per heavy atom. The third-order valence-corrected chi connectivity index (χ3v) is 5.93. The summed E-state index contributed by atoms with van der Waals surface area (Å²) in [6.07, 6.45) is 1.09. The van der Waals surface area contributed by atoms with E-state index in [2.05, 4.69) is 0 Å². The van der Waals surface area contributed by atoms with Gasteiger partial charge in [0.1, 0.15) is 0 Å². The number of para-hydroxylation sites is 1. The van der Waals surface area contributed by atoms with E-state index in [-0.39, 0.29) is 5.56 Å². The minimum absolute atomic E-state index is 0.0786. The van der Waals surface area contributed by atoms with E-state index in [1.165, 1.54) is 4.90 Å². The summed E-state index contributed by atoms with van der Waals surface area (Å²) in [6.45, 7) is 3.04. The van der Waals surface area contributed by atoms with Gasteiger partial charge in [-0.2, -0.15) is 0 Å². The number of hydrogen-bond acceptors (Lipinski definition) is 3. The Morgan fingerprint density at radius 3 is 2.73 bits per heavy atom. The first kappa shape index (κ1) is 15.5. The maximum atomic E-state index is 12.4. The van der Waals surface area contributed by atoms with Gasteiger partial charge in [0.2, 0.25) is 0 Å². The van der Waals surface area contributed by atoms with Gasteiger partial charge in [0.15, 0.2) is 6.67 Å². The number of pyridine rings is 1. The first-order chi connectivity index (χ1) is 12.6. The Morgan fingerprint density at radius 1 is 1.00 bits per heavy atom. The summed E-state index contributed by atoms with van der Waals surface area (Å²) in [5.74, 6) is -0.0739. The van der Waals surface area contributed by atoms with Crippen molar-refractivity contribution in [3.05, 3.63) is 64.1 Å². The number of Topliss-reactive ketones (excluding diaryl/α,β-unsaturated/α-hetero) is 1. The Kier molecular flexibility index (Phi) is 3.37. The molecule has 132 valence electrons. The highest BCUT2D eigenvalue weighted by atomic mass is 16.2. The molecular weight excluding hydrogens is 330 g/mol. The summed E-state index contributed by atoms with van der Waals surface area (Å²) < 4.78 is 1.91. The van der Waals surface area contributed by atoms with Gasteiger partial charge in [-0.05, 0) is 24.6 Å². The average molecular weight is 350 g/mol.